The summed E-state index contributed by atoms with van der Waals surface area (Å²) in [6.07, 6.45) is 6.65. The SMILES string of the molecule is Fc1cc(Br)cnc1N1CCN(c2ncnc3cnccc23)CC1. The van der Waals surface area contributed by atoms with Crippen molar-refractivity contribution in [3.8, 4) is 0 Å². The maximum Gasteiger partial charge on any atom is 0.166 e. The smallest absolute Gasteiger partial charge is 0.166 e. The van der Waals surface area contributed by atoms with Crippen molar-refractivity contribution in [1.82, 2.24) is 19.9 Å². The van der Waals surface area contributed by atoms with Gasteiger partial charge >= 0.3 is 0 Å². The van der Waals surface area contributed by atoms with E-state index in [0.717, 1.165) is 29.8 Å². The number of rotatable bonds is 2. The molecule has 4 heterocycles. The Kier molecular flexibility index (Phi) is 3.97. The molecule has 6 nitrogen and oxygen atoms in total. The van der Waals surface area contributed by atoms with E-state index < -0.39 is 0 Å². The summed E-state index contributed by atoms with van der Waals surface area (Å²) < 4.78 is 14.7. The summed E-state index contributed by atoms with van der Waals surface area (Å²) in [6.45, 7) is 2.85. The molecule has 0 radical (unpaired) electrons. The highest BCUT2D eigenvalue weighted by atomic mass is 79.9. The first-order valence-electron chi connectivity index (χ1n) is 7.58. The molecule has 0 N–H and O–H groups in total. The number of aromatic nitrogens is 4. The summed E-state index contributed by atoms with van der Waals surface area (Å²) in [4.78, 5) is 21.1. The van der Waals surface area contributed by atoms with Crippen molar-refractivity contribution in [2.45, 2.75) is 0 Å². The molecular weight excluding hydrogens is 375 g/mol. The van der Waals surface area contributed by atoms with Gasteiger partial charge in [0, 0.05) is 48.4 Å². The van der Waals surface area contributed by atoms with Crippen molar-refractivity contribution >= 4 is 38.5 Å². The van der Waals surface area contributed by atoms with Gasteiger partial charge in [-0.2, -0.15) is 0 Å². The van der Waals surface area contributed by atoms with E-state index in [2.05, 4.69) is 40.8 Å². The van der Waals surface area contributed by atoms with Crippen molar-refractivity contribution in [2.75, 3.05) is 36.0 Å². The second-order valence-corrected chi connectivity index (χ2v) is 6.44. The maximum absolute atomic E-state index is 14.1. The molecule has 0 spiro atoms. The standard InChI is InChI=1S/C16H14BrFN6/c17-11-7-13(18)16(20-8-11)24-5-3-23(4-6-24)15-12-1-2-19-9-14(12)21-10-22-15/h1-2,7-10H,3-6H2. The zero-order valence-electron chi connectivity index (χ0n) is 12.7. The van der Waals surface area contributed by atoms with Crippen molar-refractivity contribution in [2.24, 2.45) is 0 Å². The summed E-state index contributed by atoms with van der Waals surface area (Å²) in [5.74, 6) is 0.984. The van der Waals surface area contributed by atoms with E-state index in [9.17, 15) is 4.39 Å². The third kappa shape index (κ3) is 2.77. The Morgan fingerprint density at radius 3 is 2.46 bits per heavy atom. The van der Waals surface area contributed by atoms with Gasteiger partial charge in [-0.15, -0.1) is 0 Å². The Balaban J connectivity index is 1.55. The molecule has 0 aromatic carbocycles. The molecular formula is C16H14BrFN6. The van der Waals surface area contributed by atoms with Crippen LogP contribution < -0.4 is 9.80 Å². The summed E-state index contributed by atoms with van der Waals surface area (Å²) >= 11 is 3.23. The van der Waals surface area contributed by atoms with Crippen LogP contribution in [0.1, 0.15) is 0 Å². The van der Waals surface area contributed by atoms with Crippen molar-refractivity contribution in [3.05, 3.63) is 47.3 Å². The third-order valence-corrected chi connectivity index (χ3v) is 4.52. The lowest BCUT2D eigenvalue weighted by Gasteiger charge is -2.36. The first-order chi connectivity index (χ1) is 11.7. The fourth-order valence-corrected chi connectivity index (χ4v) is 3.22. The molecule has 0 unspecified atom stereocenters. The number of halogens is 2. The molecule has 0 atom stereocenters. The second kappa shape index (κ2) is 6.27. The quantitative estimate of drug-likeness (QED) is 0.672. The number of hydrogen-bond acceptors (Lipinski definition) is 6. The summed E-state index contributed by atoms with van der Waals surface area (Å²) in [6, 6.07) is 3.37. The molecule has 122 valence electrons. The minimum atomic E-state index is -0.309. The Bertz CT molecular complexity index is 876. The van der Waals surface area contributed by atoms with Crippen LogP contribution in [-0.4, -0.2) is 46.1 Å². The van der Waals surface area contributed by atoms with Crippen LogP contribution in [0.3, 0.4) is 0 Å². The zero-order chi connectivity index (χ0) is 16.5. The number of piperazine rings is 1. The van der Waals surface area contributed by atoms with E-state index in [1.54, 1.807) is 24.9 Å². The molecule has 3 aromatic heterocycles. The van der Waals surface area contributed by atoms with Gasteiger partial charge in [0.15, 0.2) is 11.6 Å². The van der Waals surface area contributed by atoms with Crippen LogP contribution >= 0.6 is 15.9 Å². The predicted octanol–water partition coefficient (Wildman–Crippen LogP) is 2.65. The maximum atomic E-state index is 14.1. The van der Waals surface area contributed by atoms with E-state index in [0.29, 0.717) is 23.4 Å². The Morgan fingerprint density at radius 1 is 0.958 bits per heavy atom. The molecule has 3 aromatic rings. The lowest BCUT2D eigenvalue weighted by Crippen LogP contribution is -2.47. The normalized spacial score (nSPS) is 15.1. The minimum Gasteiger partial charge on any atom is -0.352 e. The lowest BCUT2D eigenvalue weighted by atomic mass is 10.2. The Hall–Kier alpha value is -2.35. The van der Waals surface area contributed by atoms with E-state index in [1.165, 1.54) is 6.07 Å². The number of hydrogen-bond donors (Lipinski definition) is 0. The van der Waals surface area contributed by atoms with Crippen LogP contribution in [0.4, 0.5) is 16.0 Å². The van der Waals surface area contributed by atoms with E-state index in [1.807, 2.05) is 11.0 Å². The van der Waals surface area contributed by atoms with Crippen LogP contribution in [0.5, 0.6) is 0 Å². The monoisotopic (exact) mass is 388 g/mol. The van der Waals surface area contributed by atoms with E-state index in [4.69, 9.17) is 0 Å². The van der Waals surface area contributed by atoms with Gasteiger partial charge < -0.3 is 9.80 Å². The summed E-state index contributed by atoms with van der Waals surface area (Å²) in [5.41, 5.74) is 0.825. The fraction of sp³-hybridized carbons (Fsp3) is 0.250. The van der Waals surface area contributed by atoms with Crippen molar-refractivity contribution in [1.29, 1.82) is 0 Å². The minimum absolute atomic E-state index is 0.309. The van der Waals surface area contributed by atoms with Crippen LogP contribution in [-0.2, 0) is 0 Å². The molecule has 0 bridgehead atoms. The average Bonchev–Trinajstić information content (AvgIpc) is 2.62. The predicted molar refractivity (Wildman–Crippen MR) is 93.7 cm³/mol. The molecule has 1 fully saturated rings. The van der Waals surface area contributed by atoms with Gasteiger partial charge in [-0.05, 0) is 28.1 Å². The Morgan fingerprint density at radius 2 is 1.71 bits per heavy atom. The first-order valence-corrected chi connectivity index (χ1v) is 8.37. The van der Waals surface area contributed by atoms with Gasteiger partial charge in [-0.1, -0.05) is 0 Å². The Labute approximate surface area is 146 Å². The molecule has 0 aliphatic carbocycles. The first kappa shape index (κ1) is 15.2. The third-order valence-electron chi connectivity index (χ3n) is 4.08. The van der Waals surface area contributed by atoms with E-state index in [-0.39, 0.29) is 5.82 Å². The van der Waals surface area contributed by atoms with Gasteiger partial charge in [-0.3, -0.25) is 4.98 Å². The number of pyridine rings is 2. The topological polar surface area (TPSA) is 58.0 Å². The largest absolute Gasteiger partial charge is 0.352 e. The molecule has 1 saturated heterocycles. The summed E-state index contributed by atoms with van der Waals surface area (Å²) in [5, 5.41) is 0.980. The molecule has 0 saturated carbocycles. The lowest BCUT2D eigenvalue weighted by molar-refractivity contribution is 0.586. The molecule has 1 aliphatic heterocycles. The van der Waals surface area contributed by atoms with Crippen LogP contribution in [0, 0.1) is 5.82 Å². The van der Waals surface area contributed by atoms with Crippen LogP contribution in [0.15, 0.2) is 41.5 Å². The van der Waals surface area contributed by atoms with Gasteiger partial charge in [0.05, 0.1) is 11.7 Å². The second-order valence-electron chi connectivity index (χ2n) is 5.52. The molecule has 4 rings (SSSR count). The van der Waals surface area contributed by atoms with Crippen molar-refractivity contribution in [3.63, 3.8) is 0 Å². The molecule has 0 amide bonds. The van der Waals surface area contributed by atoms with Crippen LogP contribution in [0.2, 0.25) is 0 Å². The fourth-order valence-electron chi connectivity index (χ4n) is 2.92. The van der Waals surface area contributed by atoms with E-state index >= 15 is 0 Å². The number of anilines is 2. The van der Waals surface area contributed by atoms with Crippen LogP contribution in [0.25, 0.3) is 10.9 Å². The van der Waals surface area contributed by atoms with Crippen molar-refractivity contribution < 1.29 is 4.39 Å². The molecule has 8 heteroatoms. The van der Waals surface area contributed by atoms with Gasteiger partial charge in [0.25, 0.3) is 0 Å². The highest BCUT2D eigenvalue weighted by Crippen LogP contribution is 2.25. The molecule has 1 aliphatic rings. The highest BCUT2D eigenvalue weighted by Gasteiger charge is 2.22. The average molecular weight is 389 g/mol. The van der Waals surface area contributed by atoms with Gasteiger partial charge in [-0.25, -0.2) is 19.3 Å². The van der Waals surface area contributed by atoms with Gasteiger partial charge in [0.2, 0.25) is 0 Å². The number of nitrogens with zero attached hydrogens (tertiary/aromatic N) is 6. The molecule has 24 heavy (non-hydrogen) atoms. The van der Waals surface area contributed by atoms with Gasteiger partial charge in [0.1, 0.15) is 12.1 Å². The number of fused-ring (bicyclic) bond motifs is 1. The summed E-state index contributed by atoms with van der Waals surface area (Å²) in [7, 11) is 0. The highest BCUT2D eigenvalue weighted by molar-refractivity contribution is 9.10. The zero-order valence-corrected chi connectivity index (χ0v) is 14.3.